The maximum absolute atomic E-state index is 12.7. The van der Waals surface area contributed by atoms with Gasteiger partial charge in [-0.05, 0) is 64.2 Å². The first-order valence-corrected chi connectivity index (χ1v) is 25.1. The van der Waals surface area contributed by atoms with Gasteiger partial charge in [0.2, 0.25) is 0 Å². The summed E-state index contributed by atoms with van der Waals surface area (Å²) in [6, 6.07) is 0. The minimum atomic E-state index is -4.86. The summed E-state index contributed by atoms with van der Waals surface area (Å²) >= 11 is 0. The average Bonchev–Trinajstić information content (AvgIpc) is 3.17. The normalized spacial score (nSPS) is 14.3. The van der Waals surface area contributed by atoms with Crippen molar-refractivity contribution in [2.75, 3.05) is 26.4 Å². The summed E-state index contributed by atoms with van der Waals surface area (Å²) in [5.41, 5.74) is 0. The SMILES string of the molecule is CCCCCC/C=C\CCCCCCCCCC(=O)O[C@H](COC(=O)CCCCCCC/C=C\CCCCCCCC)COP(=O)(O)OC[C@@H](O)COP(=O)(O)O. The molecule has 0 bridgehead atoms. The van der Waals surface area contributed by atoms with Crippen molar-refractivity contribution in [3.63, 3.8) is 0 Å². The van der Waals surface area contributed by atoms with E-state index < -0.39 is 59.6 Å². The monoisotopic (exact) mass is 855 g/mol. The fourth-order valence-corrected chi connectivity index (χ4v) is 7.08. The summed E-state index contributed by atoms with van der Waals surface area (Å²) < 4.78 is 47.8. The molecule has 0 aliphatic carbocycles. The van der Waals surface area contributed by atoms with Crippen molar-refractivity contribution in [3.05, 3.63) is 24.3 Å². The van der Waals surface area contributed by atoms with Crippen LogP contribution in [-0.4, -0.2) is 70.4 Å². The van der Waals surface area contributed by atoms with Gasteiger partial charge in [-0.1, -0.05) is 141 Å². The van der Waals surface area contributed by atoms with Gasteiger partial charge in [-0.25, -0.2) is 9.13 Å². The molecule has 57 heavy (non-hydrogen) atoms. The maximum atomic E-state index is 12.7. The van der Waals surface area contributed by atoms with Crippen LogP contribution in [0, 0.1) is 0 Å². The second kappa shape index (κ2) is 38.8. The van der Waals surface area contributed by atoms with E-state index in [2.05, 4.69) is 47.2 Å². The van der Waals surface area contributed by atoms with Crippen molar-refractivity contribution in [1.29, 1.82) is 0 Å². The highest BCUT2D eigenvalue weighted by molar-refractivity contribution is 7.47. The first-order chi connectivity index (χ1) is 27.4. The van der Waals surface area contributed by atoms with Gasteiger partial charge in [-0.2, -0.15) is 0 Å². The third-order valence-corrected chi connectivity index (χ3v) is 10.7. The maximum Gasteiger partial charge on any atom is 0.472 e. The van der Waals surface area contributed by atoms with Gasteiger partial charge in [0.05, 0.1) is 19.8 Å². The summed E-state index contributed by atoms with van der Waals surface area (Å²) in [4.78, 5) is 52.7. The third kappa shape index (κ3) is 42.5. The van der Waals surface area contributed by atoms with Gasteiger partial charge < -0.3 is 29.3 Å². The first kappa shape index (κ1) is 55.6. The van der Waals surface area contributed by atoms with Crippen molar-refractivity contribution in [1.82, 2.24) is 0 Å². The molecule has 0 fully saturated rings. The number of phosphoric ester groups is 2. The van der Waals surface area contributed by atoms with Gasteiger partial charge in [0, 0.05) is 12.8 Å². The van der Waals surface area contributed by atoms with Gasteiger partial charge >= 0.3 is 27.6 Å². The molecule has 336 valence electrons. The highest BCUT2D eigenvalue weighted by Crippen LogP contribution is 2.43. The Hall–Kier alpha value is -1.40. The van der Waals surface area contributed by atoms with Crippen molar-refractivity contribution < 1.29 is 61.6 Å². The number of hydrogen-bond donors (Lipinski definition) is 4. The molecule has 0 spiro atoms. The zero-order valence-corrected chi connectivity index (χ0v) is 37.2. The smallest absolute Gasteiger partial charge is 0.462 e. The van der Waals surface area contributed by atoms with Crippen LogP contribution in [0.3, 0.4) is 0 Å². The lowest BCUT2D eigenvalue weighted by Gasteiger charge is -2.20. The van der Waals surface area contributed by atoms with Gasteiger partial charge in [0.25, 0.3) is 0 Å². The van der Waals surface area contributed by atoms with E-state index in [0.717, 1.165) is 70.6 Å². The minimum Gasteiger partial charge on any atom is -0.462 e. The lowest BCUT2D eigenvalue weighted by molar-refractivity contribution is -0.161. The number of unbranched alkanes of at least 4 members (excludes halogenated alkanes) is 22. The van der Waals surface area contributed by atoms with E-state index in [1.54, 1.807) is 0 Å². The van der Waals surface area contributed by atoms with Gasteiger partial charge in [-0.15, -0.1) is 0 Å². The molecule has 0 aromatic carbocycles. The molecule has 0 amide bonds. The molecule has 0 aliphatic rings. The molecule has 0 aliphatic heterocycles. The Kier molecular flexibility index (Phi) is 37.8. The lowest BCUT2D eigenvalue weighted by atomic mass is 10.1. The molecule has 0 aromatic rings. The summed E-state index contributed by atoms with van der Waals surface area (Å²) in [5, 5.41) is 9.74. The zero-order valence-electron chi connectivity index (χ0n) is 35.4. The summed E-state index contributed by atoms with van der Waals surface area (Å²) in [6.07, 6.45) is 35.9. The average molecular weight is 855 g/mol. The highest BCUT2D eigenvalue weighted by atomic mass is 31.2. The Labute approximate surface area is 344 Å². The van der Waals surface area contributed by atoms with Gasteiger partial charge in [0.15, 0.2) is 6.10 Å². The van der Waals surface area contributed by atoms with Crippen LogP contribution in [-0.2, 0) is 41.8 Å². The topological polar surface area (TPSA) is 195 Å². The highest BCUT2D eigenvalue weighted by Gasteiger charge is 2.28. The van der Waals surface area contributed by atoms with E-state index in [9.17, 15) is 28.7 Å². The second-order valence-corrected chi connectivity index (χ2v) is 17.7. The predicted octanol–water partition coefficient (Wildman–Crippen LogP) is 11.1. The predicted molar refractivity (Wildman–Crippen MR) is 225 cm³/mol. The molecule has 0 radical (unpaired) electrons. The van der Waals surface area contributed by atoms with E-state index in [1.807, 2.05) is 0 Å². The quantitative estimate of drug-likeness (QED) is 0.0196. The Morgan fingerprint density at radius 2 is 0.860 bits per heavy atom. The number of aliphatic hydroxyl groups is 1. The standard InChI is InChI=1S/C42H80O13P2/c1-3-5-7-9-11-13-15-17-19-21-23-25-27-29-31-33-41(44)51-37-40(38-54-57(49,50)53-36-39(43)35-52-56(46,47)48)55-42(45)34-32-30-28-26-24-22-20-18-16-14-12-10-8-6-4-2/h14,16-17,19,39-40,43H,3-13,15,18,20-38H2,1-2H3,(H,49,50)(H2,46,47,48)/b16-14-,19-17-/t39-,40+/m0/s1. The molecule has 13 nitrogen and oxygen atoms in total. The largest absolute Gasteiger partial charge is 0.472 e. The number of phosphoric acid groups is 2. The van der Waals surface area contributed by atoms with E-state index in [0.29, 0.717) is 12.8 Å². The fourth-order valence-electron chi connectivity index (χ4n) is 5.93. The lowest BCUT2D eigenvalue weighted by Crippen LogP contribution is -2.30. The van der Waals surface area contributed by atoms with Crippen LogP contribution in [0.1, 0.15) is 194 Å². The van der Waals surface area contributed by atoms with Crippen LogP contribution in [0.2, 0.25) is 0 Å². The van der Waals surface area contributed by atoms with Crippen LogP contribution < -0.4 is 0 Å². The molecule has 0 heterocycles. The third-order valence-electron chi connectivity index (χ3n) is 9.30. The molecular formula is C42H80O13P2. The van der Waals surface area contributed by atoms with Gasteiger partial charge in [-0.3, -0.25) is 23.2 Å². The molecule has 0 saturated carbocycles. The number of esters is 2. The Bertz CT molecular complexity index is 1110. The molecule has 15 heteroatoms. The Morgan fingerprint density at radius 3 is 1.32 bits per heavy atom. The van der Waals surface area contributed by atoms with Crippen molar-refractivity contribution in [3.8, 4) is 0 Å². The molecule has 0 aromatic heterocycles. The Morgan fingerprint density at radius 1 is 0.491 bits per heavy atom. The molecular weight excluding hydrogens is 774 g/mol. The number of carbonyl (C=O) groups excluding carboxylic acids is 2. The van der Waals surface area contributed by atoms with Crippen LogP contribution in [0.25, 0.3) is 0 Å². The van der Waals surface area contributed by atoms with Crippen LogP contribution >= 0.6 is 15.6 Å². The van der Waals surface area contributed by atoms with Crippen LogP contribution in [0.5, 0.6) is 0 Å². The first-order valence-electron chi connectivity index (χ1n) is 22.0. The zero-order chi connectivity index (χ0) is 42.3. The van der Waals surface area contributed by atoms with Crippen molar-refractivity contribution in [2.24, 2.45) is 0 Å². The molecule has 3 atom stereocenters. The van der Waals surface area contributed by atoms with Crippen LogP contribution in [0.15, 0.2) is 24.3 Å². The molecule has 4 N–H and O–H groups in total. The summed E-state index contributed by atoms with van der Waals surface area (Å²) in [5.74, 6) is -1.04. The number of ether oxygens (including phenoxy) is 2. The Balaban J connectivity index is 4.52. The number of hydrogen-bond acceptors (Lipinski definition) is 10. The van der Waals surface area contributed by atoms with Crippen LogP contribution in [0.4, 0.5) is 0 Å². The number of rotatable bonds is 42. The number of carbonyl (C=O) groups is 2. The van der Waals surface area contributed by atoms with E-state index in [1.165, 1.54) is 83.5 Å². The van der Waals surface area contributed by atoms with Crippen molar-refractivity contribution >= 4 is 27.6 Å². The van der Waals surface area contributed by atoms with E-state index >= 15 is 0 Å². The summed E-state index contributed by atoms with van der Waals surface area (Å²) in [7, 11) is -9.66. The number of aliphatic hydroxyl groups excluding tert-OH is 1. The molecule has 0 rings (SSSR count). The fraction of sp³-hybridized carbons (Fsp3) is 0.857. The van der Waals surface area contributed by atoms with E-state index in [4.69, 9.17) is 23.8 Å². The molecule has 0 saturated heterocycles. The second-order valence-electron chi connectivity index (χ2n) is 15.0. The van der Waals surface area contributed by atoms with Gasteiger partial charge in [0.1, 0.15) is 12.7 Å². The van der Waals surface area contributed by atoms with E-state index in [-0.39, 0.29) is 19.4 Å². The van der Waals surface area contributed by atoms with Crippen molar-refractivity contribution in [2.45, 2.75) is 206 Å². The minimum absolute atomic E-state index is 0.126. The molecule has 1 unspecified atom stereocenters. The number of allylic oxidation sites excluding steroid dienone is 4. The summed E-state index contributed by atoms with van der Waals surface area (Å²) in [6.45, 7) is 1.74.